The maximum absolute atomic E-state index is 12.8. The van der Waals surface area contributed by atoms with Gasteiger partial charge in [-0.1, -0.05) is 11.8 Å². The van der Waals surface area contributed by atoms with Gasteiger partial charge in [-0.05, 0) is 62.4 Å². The summed E-state index contributed by atoms with van der Waals surface area (Å²) in [4.78, 5) is 31.1. The molecule has 4 aromatic rings. The summed E-state index contributed by atoms with van der Waals surface area (Å²) >= 11 is 2.80. The van der Waals surface area contributed by atoms with Gasteiger partial charge in [0.15, 0.2) is 17.2 Å². The van der Waals surface area contributed by atoms with Crippen LogP contribution in [0.25, 0.3) is 22.9 Å². The summed E-state index contributed by atoms with van der Waals surface area (Å²) in [6.45, 7) is 2.07. The molecule has 0 radical (unpaired) electrons. The van der Waals surface area contributed by atoms with Gasteiger partial charge in [0, 0.05) is 17.1 Å². The van der Waals surface area contributed by atoms with E-state index in [9.17, 15) is 9.59 Å². The van der Waals surface area contributed by atoms with E-state index >= 15 is 0 Å². The number of thioether (sulfide) groups is 1. The van der Waals surface area contributed by atoms with Gasteiger partial charge in [0.25, 0.3) is 0 Å². The topological polar surface area (TPSA) is 120 Å². The fourth-order valence-corrected chi connectivity index (χ4v) is 6.05. The monoisotopic (exact) mass is 524 g/mol. The van der Waals surface area contributed by atoms with Crippen molar-refractivity contribution in [2.75, 3.05) is 17.7 Å². The van der Waals surface area contributed by atoms with Crippen molar-refractivity contribution in [3.63, 3.8) is 0 Å². The smallest absolute Gasteiger partial charge is 0.341 e. The largest absolute Gasteiger partial charge is 0.463 e. The van der Waals surface area contributed by atoms with Crippen LogP contribution < -0.4 is 5.32 Å². The molecule has 0 fully saturated rings. The first-order valence-corrected chi connectivity index (χ1v) is 13.5. The van der Waals surface area contributed by atoms with E-state index in [0.29, 0.717) is 51.0 Å². The molecule has 4 aromatic heterocycles. The molecule has 0 spiro atoms. The lowest BCUT2D eigenvalue weighted by atomic mass is 9.95. The lowest BCUT2D eigenvalue weighted by Crippen LogP contribution is -2.16. The summed E-state index contributed by atoms with van der Waals surface area (Å²) in [6, 6.07) is 7.11. The molecule has 11 heteroatoms. The Morgan fingerprint density at radius 1 is 1.08 bits per heavy atom. The lowest BCUT2D eigenvalue weighted by molar-refractivity contribution is -0.115. The molecule has 0 unspecified atom stereocenters. The van der Waals surface area contributed by atoms with Crippen LogP contribution in [0.3, 0.4) is 0 Å². The highest BCUT2D eigenvalue weighted by Gasteiger charge is 2.27. The average molecular weight is 525 g/mol. The highest BCUT2D eigenvalue weighted by atomic mass is 32.2. The molecule has 1 amide bonds. The first-order valence-electron chi connectivity index (χ1n) is 11.7. The zero-order valence-electron chi connectivity index (χ0n) is 19.6. The fourth-order valence-electron chi connectivity index (χ4n) is 4.03. The second-order valence-corrected chi connectivity index (χ2v) is 10.2. The number of fused-ring (bicyclic) bond motifs is 1. The number of rotatable bonds is 9. The molecule has 9 nitrogen and oxygen atoms in total. The van der Waals surface area contributed by atoms with Gasteiger partial charge in [0.05, 0.1) is 24.7 Å². The number of ether oxygens (including phenoxy) is 1. The molecule has 36 heavy (non-hydrogen) atoms. The number of carbonyl (C=O) groups excluding carboxylic acids is 2. The quantitative estimate of drug-likeness (QED) is 0.219. The highest BCUT2D eigenvalue weighted by molar-refractivity contribution is 7.99. The molecule has 186 valence electrons. The molecule has 0 saturated heterocycles. The Morgan fingerprint density at radius 2 is 1.83 bits per heavy atom. The number of thiophene rings is 1. The molecular weight excluding hydrogens is 500 g/mol. The average Bonchev–Trinajstić information content (AvgIpc) is 3.65. The first-order chi connectivity index (χ1) is 17.6. The van der Waals surface area contributed by atoms with Gasteiger partial charge in [-0.25, -0.2) is 9.78 Å². The molecule has 4 heterocycles. The maximum Gasteiger partial charge on any atom is 0.341 e. The molecule has 1 N–H and O–H groups in total. The normalized spacial score (nSPS) is 12.8. The van der Waals surface area contributed by atoms with Crippen LogP contribution in [0, 0.1) is 0 Å². The first kappa shape index (κ1) is 24.3. The number of furan rings is 2. The molecule has 0 atom stereocenters. The Morgan fingerprint density at radius 3 is 2.56 bits per heavy atom. The third kappa shape index (κ3) is 5.21. The zero-order chi connectivity index (χ0) is 24.9. The third-order valence-corrected chi connectivity index (χ3v) is 7.69. The van der Waals surface area contributed by atoms with E-state index < -0.39 is 0 Å². The van der Waals surface area contributed by atoms with Crippen molar-refractivity contribution in [2.24, 2.45) is 0 Å². The number of amides is 1. The number of nitrogens with one attached hydrogen (secondary N) is 1. The van der Waals surface area contributed by atoms with Crippen molar-refractivity contribution in [3.05, 3.63) is 52.8 Å². The van der Waals surface area contributed by atoms with Crippen molar-refractivity contribution in [1.82, 2.24) is 15.2 Å². The summed E-state index contributed by atoms with van der Waals surface area (Å²) in [6.07, 6.45) is 7.22. The molecule has 0 aliphatic heterocycles. The Balaban J connectivity index is 1.26. The zero-order valence-corrected chi connectivity index (χ0v) is 21.2. The minimum atomic E-state index is -0.372. The van der Waals surface area contributed by atoms with E-state index in [1.54, 1.807) is 43.7 Å². The van der Waals surface area contributed by atoms with Crippen LogP contribution in [0.4, 0.5) is 5.00 Å². The molecular formula is C25H24N4O5S2. The van der Waals surface area contributed by atoms with E-state index in [2.05, 4.69) is 20.5 Å². The van der Waals surface area contributed by atoms with Crippen molar-refractivity contribution in [1.29, 1.82) is 0 Å². The number of hydrogen-bond donors (Lipinski definition) is 1. The minimum absolute atomic E-state index is 0.182. The van der Waals surface area contributed by atoms with Gasteiger partial charge in [0.1, 0.15) is 10.7 Å². The van der Waals surface area contributed by atoms with Gasteiger partial charge in [-0.3, -0.25) is 4.79 Å². The van der Waals surface area contributed by atoms with E-state index in [0.717, 1.165) is 36.1 Å². The van der Waals surface area contributed by atoms with Gasteiger partial charge in [-0.15, -0.1) is 21.5 Å². The Labute approximate surface area is 215 Å². The lowest BCUT2D eigenvalue weighted by Gasteiger charge is -2.12. The van der Waals surface area contributed by atoms with Crippen LogP contribution in [0.2, 0.25) is 0 Å². The molecule has 0 saturated carbocycles. The molecule has 0 bridgehead atoms. The molecule has 0 aromatic carbocycles. The van der Waals surface area contributed by atoms with Crippen LogP contribution in [-0.4, -0.2) is 39.4 Å². The van der Waals surface area contributed by atoms with E-state index in [1.165, 1.54) is 23.1 Å². The van der Waals surface area contributed by atoms with Crippen LogP contribution in [0.5, 0.6) is 0 Å². The summed E-state index contributed by atoms with van der Waals surface area (Å²) in [5, 5.41) is 12.4. The number of carbonyl (C=O) groups is 2. The molecule has 1 aliphatic rings. The van der Waals surface area contributed by atoms with Crippen LogP contribution in [0.15, 0.2) is 50.8 Å². The van der Waals surface area contributed by atoms with Crippen molar-refractivity contribution in [3.8, 4) is 22.9 Å². The van der Waals surface area contributed by atoms with Crippen molar-refractivity contribution in [2.45, 2.75) is 44.2 Å². The third-order valence-electron chi connectivity index (χ3n) is 5.64. The van der Waals surface area contributed by atoms with Crippen LogP contribution >= 0.6 is 23.1 Å². The maximum atomic E-state index is 12.8. The summed E-state index contributed by atoms with van der Waals surface area (Å²) in [5.41, 5.74) is 2.53. The van der Waals surface area contributed by atoms with Crippen molar-refractivity contribution < 1.29 is 23.2 Å². The van der Waals surface area contributed by atoms with Gasteiger partial charge in [-0.2, -0.15) is 0 Å². The number of esters is 1. The molecule has 1 aliphatic carbocycles. The van der Waals surface area contributed by atoms with Gasteiger partial charge in [0.2, 0.25) is 11.1 Å². The van der Waals surface area contributed by atoms with Gasteiger partial charge >= 0.3 is 5.97 Å². The van der Waals surface area contributed by atoms with Crippen LogP contribution in [0.1, 0.15) is 47.0 Å². The number of aryl methyl sites for hydroxylation is 1. The predicted octanol–water partition coefficient (Wildman–Crippen LogP) is 5.63. The van der Waals surface area contributed by atoms with Gasteiger partial charge < -0.3 is 18.9 Å². The van der Waals surface area contributed by atoms with Crippen molar-refractivity contribution >= 4 is 40.0 Å². The van der Waals surface area contributed by atoms with Crippen LogP contribution in [-0.2, 0) is 22.4 Å². The predicted molar refractivity (Wildman–Crippen MR) is 136 cm³/mol. The molecule has 5 rings (SSSR count). The second kappa shape index (κ2) is 11.1. The summed E-state index contributed by atoms with van der Waals surface area (Å²) in [5.74, 6) is 0.962. The second-order valence-electron chi connectivity index (χ2n) is 8.03. The Hall–Kier alpha value is -3.44. The Bertz CT molecular complexity index is 1350. The number of anilines is 1. The Kier molecular flexibility index (Phi) is 7.47. The summed E-state index contributed by atoms with van der Waals surface area (Å²) in [7, 11) is 0. The number of aromatic nitrogens is 3. The number of nitrogens with zero attached hydrogens (tertiary/aromatic N) is 3. The minimum Gasteiger partial charge on any atom is -0.463 e. The van der Waals surface area contributed by atoms with E-state index in [1.807, 2.05) is 0 Å². The standard InChI is InChI=1S/C25H24N4O5S2/c1-2-32-24(31)20-15-7-3-4-10-18(15)36-23(20)26-19(30)11-14-35-25-27-21(16-8-5-12-33-16)22(28-29-25)17-9-6-13-34-17/h5-6,8-9,12-13H,2-4,7,10-11,14H2,1H3,(H,26,30). The number of hydrogen-bond acceptors (Lipinski definition) is 10. The summed E-state index contributed by atoms with van der Waals surface area (Å²) < 4.78 is 16.3. The fraction of sp³-hybridized carbons (Fsp3) is 0.320. The van der Waals surface area contributed by atoms with E-state index in [-0.39, 0.29) is 18.3 Å². The van der Waals surface area contributed by atoms with E-state index in [4.69, 9.17) is 13.6 Å². The highest BCUT2D eigenvalue weighted by Crippen LogP contribution is 2.39. The SMILES string of the molecule is CCOC(=O)c1c(NC(=O)CCSc2nnc(-c3ccco3)c(-c3ccco3)n2)sc2c1CCCC2.